The van der Waals surface area contributed by atoms with Crippen LogP contribution in [0.3, 0.4) is 0 Å². The number of fused-ring (bicyclic) bond motifs is 1. The molecule has 2 N–H and O–H groups in total. The van der Waals surface area contributed by atoms with Gasteiger partial charge in [-0.25, -0.2) is 5.43 Å². The Bertz CT molecular complexity index is 902. The zero-order valence-electron chi connectivity index (χ0n) is 12.6. The number of anilines is 1. The number of nitrogens with one attached hydrogen (secondary N) is 2. The Morgan fingerprint density at radius 1 is 0.958 bits per heavy atom. The van der Waals surface area contributed by atoms with Gasteiger partial charge in [-0.15, -0.1) is 0 Å². The molecule has 3 rings (SSSR count). The maximum absolute atomic E-state index is 12.0. The van der Waals surface area contributed by atoms with Crippen LogP contribution in [0.5, 0.6) is 0 Å². The first kappa shape index (κ1) is 15.4. The molecule has 24 heavy (non-hydrogen) atoms. The molecule has 2 aromatic carbocycles. The summed E-state index contributed by atoms with van der Waals surface area (Å²) in [4.78, 5) is 27.7. The number of carbonyl (C=O) groups is 2. The molecule has 0 fully saturated rings. The van der Waals surface area contributed by atoms with Gasteiger partial charge in [-0.2, -0.15) is 5.10 Å². The fourth-order valence-corrected chi connectivity index (χ4v) is 2.18. The highest BCUT2D eigenvalue weighted by Crippen LogP contribution is 2.22. The highest BCUT2D eigenvalue weighted by Gasteiger charge is 2.14. The zero-order valence-corrected chi connectivity index (χ0v) is 12.6. The standard InChI is InChI=1S/C18H14N4O2/c23-17(18(24)22-20-12-13-5-4-10-19-11-13)21-16-9-3-7-14-6-1-2-8-15(14)16/h1-12H,(H,21,23)(H,22,24)/b20-12-. The summed E-state index contributed by atoms with van der Waals surface area (Å²) in [6.07, 6.45) is 4.63. The van der Waals surface area contributed by atoms with Gasteiger partial charge in [0.05, 0.1) is 6.21 Å². The predicted molar refractivity (Wildman–Crippen MR) is 92.6 cm³/mol. The van der Waals surface area contributed by atoms with Gasteiger partial charge in [-0.3, -0.25) is 14.6 Å². The third-order valence-electron chi connectivity index (χ3n) is 3.31. The monoisotopic (exact) mass is 318 g/mol. The fourth-order valence-electron chi connectivity index (χ4n) is 2.18. The van der Waals surface area contributed by atoms with Crippen molar-refractivity contribution in [1.82, 2.24) is 10.4 Å². The molecule has 0 aliphatic carbocycles. The lowest BCUT2D eigenvalue weighted by Gasteiger charge is -2.07. The summed E-state index contributed by atoms with van der Waals surface area (Å²) in [6, 6.07) is 16.6. The van der Waals surface area contributed by atoms with Crippen molar-refractivity contribution in [1.29, 1.82) is 0 Å². The van der Waals surface area contributed by atoms with E-state index < -0.39 is 11.8 Å². The first-order valence-corrected chi connectivity index (χ1v) is 7.26. The van der Waals surface area contributed by atoms with Crippen LogP contribution in [0.2, 0.25) is 0 Å². The number of nitrogens with zero attached hydrogens (tertiary/aromatic N) is 2. The van der Waals surface area contributed by atoms with Gasteiger partial charge in [0.15, 0.2) is 0 Å². The Hall–Kier alpha value is -3.54. The van der Waals surface area contributed by atoms with Crippen molar-refractivity contribution < 1.29 is 9.59 Å². The van der Waals surface area contributed by atoms with Crippen molar-refractivity contribution >= 4 is 34.5 Å². The average Bonchev–Trinajstić information content (AvgIpc) is 2.63. The summed E-state index contributed by atoms with van der Waals surface area (Å²) in [5.41, 5.74) is 3.48. The van der Waals surface area contributed by atoms with E-state index in [1.165, 1.54) is 6.21 Å². The SMILES string of the molecule is O=C(N/N=C\c1cccnc1)C(=O)Nc1cccc2ccccc12. The molecule has 1 heterocycles. The molecule has 3 aromatic rings. The van der Waals surface area contributed by atoms with Crippen molar-refractivity contribution in [2.75, 3.05) is 5.32 Å². The van der Waals surface area contributed by atoms with Gasteiger partial charge in [0.25, 0.3) is 0 Å². The number of hydrogen-bond donors (Lipinski definition) is 2. The van der Waals surface area contributed by atoms with Crippen LogP contribution >= 0.6 is 0 Å². The van der Waals surface area contributed by atoms with Gasteiger partial charge in [-0.05, 0) is 17.5 Å². The lowest BCUT2D eigenvalue weighted by Crippen LogP contribution is -2.32. The molecular formula is C18H14N4O2. The molecule has 1 aromatic heterocycles. The van der Waals surface area contributed by atoms with E-state index in [4.69, 9.17) is 0 Å². The van der Waals surface area contributed by atoms with Crippen molar-refractivity contribution in [2.24, 2.45) is 5.10 Å². The second-order valence-electron chi connectivity index (χ2n) is 4.97. The van der Waals surface area contributed by atoms with E-state index in [1.807, 2.05) is 36.4 Å². The van der Waals surface area contributed by atoms with Crippen LogP contribution in [0.15, 0.2) is 72.1 Å². The molecule has 0 aliphatic rings. The van der Waals surface area contributed by atoms with E-state index in [2.05, 4.69) is 20.8 Å². The smallest absolute Gasteiger partial charge is 0.317 e. The summed E-state index contributed by atoms with van der Waals surface area (Å²) in [7, 11) is 0. The number of amides is 2. The molecule has 6 heteroatoms. The molecule has 2 amide bonds. The molecule has 0 atom stereocenters. The first-order valence-electron chi connectivity index (χ1n) is 7.26. The maximum Gasteiger partial charge on any atom is 0.329 e. The van der Waals surface area contributed by atoms with E-state index in [1.54, 1.807) is 30.6 Å². The number of hydrogen-bond acceptors (Lipinski definition) is 4. The van der Waals surface area contributed by atoms with Gasteiger partial charge in [-0.1, -0.05) is 42.5 Å². The lowest BCUT2D eigenvalue weighted by atomic mass is 10.1. The predicted octanol–water partition coefficient (Wildman–Crippen LogP) is 2.32. The minimum Gasteiger partial charge on any atom is -0.317 e. The van der Waals surface area contributed by atoms with Gasteiger partial charge in [0.1, 0.15) is 0 Å². The van der Waals surface area contributed by atoms with E-state index in [0.29, 0.717) is 11.3 Å². The van der Waals surface area contributed by atoms with Gasteiger partial charge >= 0.3 is 11.8 Å². The molecule has 0 spiro atoms. The van der Waals surface area contributed by atoms with Crippen LogP contribution in [0.1, 0.15) is 5.56 Å². The van der Waals surface area contributed by atoms with Crippen LogP contribution in [-0.4, -0.2) is 23.0 Å². The number of aromatic nitrogens is 1. The van der Waals surface area contributed by atoms with Crippen molar-refractivity contribution in [3.05, 3.63) is 72.6 Å². The highest BCUT2D eigenvalue weighted by atomic mass is 16.2. The van der Waals surface area contributed by atoms with E-state index >= 15 is 0 Å². The number of rotatable bonds is 3. The molecule has 0 radical (unpaired) electrons. The molecule has 0 saturated heterocycles. The number of pyridine rings is 1. The summed E-state index contributed by atoms with van der Waals surface area (Å²) >= 11 is 0. The molecule has 0 saturated carbocycles. The number of benzene rings is 2. The Labute approximate surface area is 138 Å². The van der Waals surface area contributed by atoms with Gasteiger partial charge < -0.3 is 5.32 Å². The first-order chi connectivity index (χ1) is 11.7. The van der Waals surface area contributed by atoms with E-state index in [0.717, 1.165) is 10.8 Å². The topological polar surface area (TPSA) is 83.5 Å². The van der Waals surface area contributed by atoms with Gasteiger partial charge in [0, 0.05) is 29.0 Å². The average molecular weight is 318 g/mol. The van der Waals surface area contributed by atoms with Crippen molar-refractivity contribution in [2.45, 2.75) is 0 Å². The zero-order chi connectivity index (χ0) is 16.8. The Kier molecular flexibility index (Phi) is 4.57. The normalized spacial score (nSPS) is 10.7. The van der Waals surface area contributed by atoms with Crippen LogP contribution in [0, 0.1) is 0 Å². The number of hydrazone groups is 1. The maximum atomic E-state index is 12.0. The van der Waals surface area contributed by atoms with Crippen LogP contribution < -0.4 is 10.7 Å². The molecular weight excluding hydrogens is 304 g/mol. The van der Waals surface area contributed by atoms with E-state index in [-0.39, 0.29) is 0 Å². The summed E-state index contributed by atoms with van der Waals surface area (Å²) in [5, 5.41) is 8.18. The summed E-state index contributed by atoms with van der Waals surface area (Å²) in [6.45, 7) is 0. The minimum atomic E-state index is -0.844. The van der Waals surface area contributed by atoms with Gasteiger partial charge in [0.2, 0.25) is 0 Å². The minimum absolute atomic E-state index is 0.574. The third-order valence-corrected chi connectivity index (χ3v) is 3.31. The summed E-state index contributed by atoms with van der Waals surface area (Å²) in [5.74, 6) is -1.63. The quantitative estimate of drug-likeness (QED) is 0.441. The van der Waals surface area contributed by atoms with Crippen molar-refractivity contribution in [3.63, 3.8) is 0 Å². The van der Waals surface area contributed by atoms with E-state index in [9.17, 15) is 9.59 Å². The molecule has 6 nitrogen and oxygen atoms in total. The molecule has 0 aliphatic heterocycles. The lowest BCUT2D eigenvalue weighted by molar-refractivity contribution is -0.136. The number of carbonyl (C=O) groups excluding carboxylic acids is 2. The fraction of sp³-hybridized carbons (Fsp3) is 0. The second-order valence-corrected chi connectivity index (χ2v) is 4.97. The second kappa shape index (κ2) is 7.15. The largest absolute Gasteiger partial charge is 0.329 e. The van der Waals surface area contributed by atoms with Crippen molar-refractivity contribution in [3.8, 4) is 0 Å². The molecule has 0 bridgehead atoms. The molecule has 118 valence electrons. The Balaban J connectivity index is 1.66. The van der Waals surface area contributed by atoms with Crippen LogP contribution in [0.4, 0.5) is 5.69 Å². The van der Waals surface area contributed by atoms with Crippen LogP contribution in [0.25, 0.3) is 10.8 Å². The molecule has 0 unspecified atom stereocenters. The third kappa shape index (κ3) is 3.61. The summed E-state index contributed by atoms with van der Waals surface area (Å²) < 4.78 is 0. The highest BCUT2D eigenvalue weighted by molar-refractivity contribution is 6.40. The Morgan fingerprint density at radius 2 is 1.79 bits per heavy atom. The Morgan fingerprint density at radius 3 is 2.62 bits per heavy atom. The van der Waals surface area contributed by atoms with Crippen LogP contribution in [-0.2, 0) is 9.59 Å².